The standard InChI is InChI=1S/C16H30N2O/c1-16(2,3)14(17)10-15(19)18-9-8-12-6-4-5-7-13(12)11-18/h12-14H,4-11,17H2,1-3H3. The molecule has 2 aliphatic rings. The van der Waals surface area contributed by atoms with E-state index in [2.05, 4.69) is 25.7 Å². The molecule has 0 aromatic heterocycles. The van der Waals surface area contributed by atoms with Crippen LogP contribution >= 0.6 is 0 Å². The summed E-state index contributed by atoms with van der Waals surface area (Å²) < 4.78 is 0. The highest BCUT2D eigenvalue weighted by Crippen LogP contribution is 2.36. The van der Waals surface area contributed by atoms with Crippen LogP contribution in [0.2, 0.25) is 0 Å². The molecule has 0 aromatic rings. The summed E-state index contributed by atoms with van der Waals surface area (Å²) >= 11 is 0. The smallest absolute Gasteiger partial charge is 0.224 e. The van der Waals surface area contributed by atoms with Crippen LogP contribution in [0.4, 0.5) is 0 Å². The van der Waals surface area contributed by atoms with Crippen molar-refractivity contribution in [2.45, 2.75) is 65.3 Å². The van der Waals surface area contributed by atoms with Gasteiger partial charge in [0, 0.05) is 25.6 Å². The lowest BCUT2D eigenvalue weighted by atomic mass is 9.75. The van der Waals surface area contributed by atoms with E-state index in [-0.39, 0.29) is 17.4 Å². The van der Waals surface area contributed by atoms with Gasteiger partial charge in [0.15, 0.2) is 0 Å². The highest BCUT2D eigenvalue weighted by Gasteiger charge is 2.34. The molecule has 1 amide bonds. The Balaban J connectivity index is 1.87. The second kappa shape index (κ2) is 5.82. The number of carbonyl (C=O) groups excluding carboxylic acids is 1. The Morgan fingerprint density at radius 1 is 1.21 bits per heavy atom. The van der Waals surface area contributed by atoms with Gasteiger partial charge in [-0.2, -0.15) is 0 Å². The van der Waals surface area contributed by atoms with Crippen molar-refractivity contribution in [1.29, 1.82) is 0 Å². The maximum absolute atomic E-state index is 12.4. The second-order valence-corrected chi connectivity index (χ2v) is 7.61. The third kappa shape index (κ3) is 3.71. The lowest BCUT2D eigenvalue weighted by Crippen LogP contribution is -2.47. The molecule has 0 bridgehead atoms. The molecule has 1 aliphatic heterocycles. The molecule has 2 N–H and O–H groups in total. The first-order valence-electron chi connectivity index (χ1n) is 7.91. The number of amides is 1. The minimum absolute atomic E-state index is 0.0127. The summed E-state index contributed by atoms with van der Waals surface area (Å²) in [6.07, 6.45) is 7.16. The minimum Gasteiger partial charge on any atom is -0.342 e. The number of nitrogens with two attached hydrogens (primary N) is 1. The van der Waals surface area contributed by atoms with Crippen LogP contribution in [0, 0.1) is 17.3 Å². The highest BCUT2D eigenvalue weighted by atomic mass is 16.2. The Morgan fingerprint density at radius 3 is 2.47 bits per heavy atom. The van der Waals surface area contributed by atoms with Crippen LogP contribution in [0.15, 0.2) is 0 Å². The summed E-state index contributed by atoms with van der Waals surface area (Å²) in [5.74, 6) is 1.91. The van der Waals surface area contributed by atoms with Crippen LogP contribution in [0.3, 0.4) is 0 Å². The molecule has 0 aromatic carbocycles. The predicted octanol–water partition coefficient (Wildman–Crippen LogP) is 2.79. The molecule has 0 radical (unpaired) electrons. The topological polar surface area (TPSA) is 46.3 Å². The Labute approximate surface area is 117 Å². The van der Waals surface area contributed by atoms with Crippen molar-refractivity contribution in [3.63, 3.8) is 0 Å². The zero-order chi connectivity index (χ0) is 14.0. The van der Waals surface area contributed by atoms with Crippen molar-refractivity contribution in [3.8, 4) is 0 Å². The molecule has 1 aliphatic carbocycles. The summed E-state index contributed by atoms with van der Waals surface area (Å²) in [6.45, 7) is 8.27. The fraction of sp³-hybridized carbons (Fsp3) is 0.938. The lowest BCUT2D eigenvalue weighted by molar-refractivity contribution is -0.135. The van der Waals surface area contributed by atoms with Crippen LogP contribution in [0.5, 0.6) is 0 Å². The third-order valence-corrected chi connectivity index (χ3v) is 5.15. The first-order valence-corrected chi connectivity index (χ1v) is 7.91. The molecule has 3 unspecified atom stereocenters. The normalized spacial score (nSPS) is 29.8. The van der Waals surface area contributed by atoms with Crippen molar-refractivity contribution in [2.75, 3.05) is 13.1 Å². The SMILES string of the molecule is CC(C)(C)C(N)CC(=O)N1CCC2CCCCC2C1. The van der Waals surface area contributed by atoms with E-state index < -0.39 is 0 Å². The molecule has 0 spiro atoms. The molecular formula is C16H30N2O. The molecule has 110 valence electrons. The predicted molar refractivity (Wildman–Crippen MR) is 78.7 cm³/mol. The number of fused-ring (bicyclic) bond motifs is 1. The molecular weight excluding hydrogens is 236 g/mol. The maximum atomic E-state index is 12.4. The summed E-state index contributed by atoms with van der Waals surface area (Å²) in [7, 11) is 0. The van der Waals surface area contributed by atoms with Gasteiger partial charge >= 0.3 is 0 Å². The van der Waals surface area contributed by atoms with Crippen molar-refractivity contribution in [1.82, 2.24) is 4.90 Å². The van der Waals surface area contributed by atoms with Gasteiger partial charge in [-0.05, 0) is 30.1 Å². The molecule has 3 atom stereocenters. The van der Waals surface area contributed by atoms with Gasteiger partial charge in [0.1, 0.15) is 0 Å². The van der Waals surface area contributed by atoms with Gasteiger partial charge in [-0.15, -0.1) is 0 Å². The summed E-state index contributed by atoms with van der Waals surface area (Å²) in [4.78, 5) is 14.5. The van der Waals surface area contributed by atoms with Gasteiger partial charge in [-0.1, -0.05) is 40.0 Å². The number of hydrogen-bond donors (Lipinski definition) is 1. The van der Waals surface area contributed by atoms with Crippen molar-refractivity contribution >= 4 is 5.91 Å². The molecule has 3 heteroatoms. The van der Waals surface area contributed by atoms with Gasteiger partial charge in [-0.3, -0.25) is 4.79 Å². The fourth-order valence-corrected chi connectivity index (χ4v) is 3.45. The molecule has 1 saturated carbocycles. The lowest BCUT2D eigenvalue weighted by Gasteiger charge is -2.42. The van der Waals surface area contributed by atoms with Gasteiger partial charge < -0.3 is 10.6 Å². The average Bonchev–Trinajstić information content (AvgIpc) is 2.37. The van der Waals surface area contributed by atoms with Crippen LogP contribution in [-0.2, 0) is 4.79 Å². The zero-order valence-corrected chi connectivity index (χ0v) is 12.8. The number of hydrogen-bond acceptors (Lipinski definition) is 2. The molecule has 1 saturated heterocycles. The number of piperidine rings is 1. The summed E-state index contributed by atoms with van der Waals surface area (Å²) in [6, 6.07) is -0.0379. The number of rotatable bonds is 2. The van der Waals surface area contributed by atoms with Crippen molar-refractivity contribution in [3.05, 3.63) is 0 Å². The number of likely N-dealkylation sites (tertiary alicyclic amines) is 1. The van der Waals surface area contributed by atoms with Gasteiger partial charge in [0.05, 0.1) is 0 Å². The van der Waals surface area contributed by atoms with E-state index in [1.54, 1.807) is 0 Å². The van der Waals surface area contributed by atoms with E-state index in [0.29, 0.717) is 6.42 Å². The maximum Gasteiger partial charge on any atom is 0.224 e. The van der Waals surface area contributed by atoms with E-state index in [9.17, 15) is 4.79 Å². The first kappa shape index (κ1) is 14.8. The van der Waals surface area contributed by atoms with Crippen LogP contribution in [-0.4, -0.2) is 29.9 Å². The van der Waals surface area contributed by atoms with Gasteiger partial charge in [-0.25, -0.2) is 0 Å². The van der Waals surface area contributed by atoms with Gasteiger partial charge in [0.25, 0.3) is 0 Å². The molecule has 2 fully saturated rings. The molecule has 1 heterocycles. The van der Waals surface area contributed by atoms with E-state index in [4.69, 9.17) is 5.73 Å². The number of carbonyl (C=O) groups is 1. The second-order valence-electron chi connectivity index (χ2n) is 7.61. The van der Waals surface area contributed by atoms with Crippen molar-refractivity contribution < 1.29 is 4.79 Å². The van der Waals surface area contributed by atoms with Gasteiger partial charge in [0.2, 0.25) is 5.91 Å². The van der Waals surface area contributed by atoms with Crippen molar-refractivity contribution in [2.24, 2.45) is 23.0 Å². The quantitative estimate of drug-likeness (QED) is 0.835. The van der Waals surface area contributed by atoms with E-state index >= 15 is 0 Å². The first-order chi connectivity index (χ1) is 8.88. The van der Waals surface area contributed by atoms with E-state index in [1.165, 1.54) is 32.1 Å². The summed E-state index contributed by atoms with van der Waals surface area (Å²) in [5.41, 5.74) is 6.16. The molecule has 19 heavy (non-hydrogen) atoms. The van der Waals surface area contributed by atoms with Crippen LogP contribution in [0.25, 0.3) is 0 Å². The minimum atomic E-state index is -0.0379. The fourth-order valence-electron chi connectivity index (χ4n) is 3.45. The highest BCUT2D eigenvalue weighted by molar-refractivity contribution is 5.77. The molecule has 2 rings (SSSR count). The Hall–Kier alpha value is -0.570. The van der Waals surface area contributed by atoms with E-state index in [1.807, 2.05) is 0 Å². The zero-order valence-electron chi connectivity index (χ0n) is 12.8. The third-order valence-electron chi connectivity index (χ3n) is 5.15. The average molecular weight is 266 g/mol. The Morgan fingerprint density at radius 2 is 1.84 bits per heavy atom. The Bertz CT molecular complexity index is 321. The largest absolute Gasteiger partial charge is 0.342 e. The monoisotopic (exact) mass is 266 g/mol. The molecule has 3 nitrogen and oxygen atoms in total. The summed E-state index contributed by atoms with van der Waals surface area (Å²) in [5, 5.41) is 0. The Kier molecular flexibility index (Phi) is 4.54. The van der Waals surface area contributed by atoms with E-state index in [0.717, 1.165) is 24.9 Å². The van der Waals surface area contributed by atoms with Crippen LogP contribution in [0.1, 0.15) is 59.3 Å². The van der Waals surface area contributed by atoms with Crippen LogP contribution < -0.4 is 5.73 Å². The number of nitrogens with zero attached hydrogens (tertiary/aromatic N) is 1.